The van der Waals surface area contributed by atoms with Crippen LogP contribution in [0.5, 0.6) is 0 Å². The molecule has 1 aliphatic heterocycles. The highest BCUT2D eigenvalue weighted by Gasteiger charge is 2.44. The molecule has 7 nitrogen and oxygen atoms in total. The number of rotatable bonds is 5. The largest absolute Gasteiger partial charge is 0.441 e. The zero-order valence-corrected chi connectivity index (χ0v) is 15.2. The maximum absolute atomic E-state index is 12.7. The number of carbonyl (C=O) groups excluding carboxylic acids is 3. The van der Waals surface area contributed by atoms with Crippen molar-refractivity contribution in [2.75, 3.05) is 0 Å². The maximum Gasteiger partial charge on any atom is 0.334 e. The fourth-order valence-corrected chi connectivity index (χ4v) is 3.02. The second-order valence-electron chi connectivity index (χ2n) is 6.44. The predicted octanol–water partition coefficient (Wildman–Crippen LogP) is 3.14. The Morgan fingerprint density at radius 1 is 0.821 bits per heavy atom. The number of imide groups is 2. The van der Waals surface area contributed by atoms with Crippen molar-refractivity contribution < 1.29 is 18.8 Å². The minimum absolute atomic E-state index is 0.0494. The summed E-state index contributed by atoms with van der Waals surface area (Å²) in [7, 11) is 0. The normalized spacial score (nSPS) is 14.2. The van der Waals surface area contributed by atoms with Gasteiger partial charge in [-0.1, -0.05) is 48.5 Å². The summed E-state index contributed by atoms with van der Waals surface area (Å²) in [5.41, 5.74) is 2.00. The van der Waals surface area contributed by atoms with Gasteiger partial charge in [-0.2, -0.15) is 0 Å². The van der Waals surface area contributed by atoms with Crippen molar-refractivity contribution in [2.45, 2.75) is 20.0 Å². The highest BCUT2D eigenvalue weighted by atomic mass is 16.4. The van der Waals surface area contributed by atoms with Crippen molar-refractivity contribution >= 4 is 17.8 Å². The minimum Gasteiger partial charge on any atom is -0.441 e. The lowest BCUT2D eigenvalue weighted by molar-refractivity contribution is -0.143. The Bertz CT molecular complexity index is 1040. The number of benzene rings is 2. The van der Waals surface area contributed by atoms with Crippen molar-refractivity contribution in [3.63, 3.8) is 0 Å². The number of oxazole rings is 1. The molecule has 0 unspecified atom stereocenters. The molecule has 2 heterocycles. The summed E-state index contributed by atoms with van der Waals surface area (Å²) in [6, 6.07) is 17.7. The molecule has 0 atom stereocenters. The van der Waals surface area contributed by atoms with Crippen molar-refractivity contribution in [1.29, 1.82) is 0 Å². The molecule has 1 aliphatic rings. The zero-order valence-electron chi connectivity index (χ0n) is 15.2. The number of amides is 4. The van der Waals surface area contributed by atoms with E-state index in [9.17, 15) is 14.4 Å². The Labute approximate surface area is 161 Å². The maximum atomic E-state index is 12.7. The van der Waals surface area contributed by atoms with Gasteiger partial charge in [0, 0.05) is 5.56 Å². The molecule has 28 heavy (non-hydrogen) atoms. The molecule has 4 amide bonds. The van der Waals surface area contributed by atoms with E-state index in [1.165, 1.54) is 0 Å². The van der Waals surface area contributed by atoms with Gasteiger partial charge in [0.1, 0.15) is 11.5 Å². The Morgan fingerprint density at radius 2 is 1.39 bits per heavy atom. The molecular formula is C21H17N3O4. The highest BCUT2D eigenvalue weighted by Crippen LogP contribution is 2.24. The van der Waals surface area contributed by atoms with Gasteiger partial charge >= 0.3 is 17.8 Å². The zero-order chi connectivity index (χ0) is 19.7. The third-order valence-electron chi connectivity index (χ3n) is 4.54. The summed E-state index contributed by atoms with van der Waals surface area (Å²) in [5, 5.41) is 0. The smallest absolute Gasteiger partial charge is 0.334 e. The average molecular weight is 375 g/mol. The third-order valence-corrected chi connectivity index (χ3v) is 4.54. The number of urea groups is 1. The van der Waals surface area contributed by atoms with Gasteiger partial charge in [-0.15, -0.1) is 0 Å². The van der Waals surface area contributed by atoms with Gasteiger partial charge in [0.15, 0.2) is 0 Å². The minimum atomic E-state index is -0.857. The van der Waals surface area contributed by atoms with Crippen LogP contribution < -0.4 is 0 Å². The van der Waals surface area contributed by atoms with Crippen LogP contribution in [-0.4, -0.2) is 32.6 Å². The molecule has 140 valence electrons. The molecular weight excluding hydrogens is 358 g/mol. The second kappa shape index (κ2) is 7.11. The lowest BCUT2D eigenvalue weighted by Gasteiger charge is -2.14. The van der Waals surface area contributed by atoms with Crippen LogP contribution in [0.15, 0.2) is 65.1 Å². The Kier molecular flexibility index (Phi) is 4.49. The summed E-state index contributed by atoms with van der Waals surface area (Å²) in [5.74, 6) is -0.795. The van der Waals surface area contributed by atoms with E-state index in [0.29, 0.717) is 17.3 Å². The van der Waals surface area contributed by atoms with Gasteiger partial charge in [-0.25, -0.2) is 14.7 Å². The molecule has 0 aliphatic carbocycles. The third kappa shape index (κ3) is 3.18. The Hall–Kier alpha value is -3.74. The number of hydrogen-bond donors (Lipinski definition) is 0. The van der Waals surface area contributed by atoms with Crippen molar-refractivity contribution in [1.82, 2.24) is 14.8 Å². The molecule has 1 aromatic heterocycles. The molecule has 0 N–H and O–H groups in total. The molecule has 3 aromatic rings. The van der Waals surface area contributed by atoms with Gasteiger partial charge < -0.3 is 4.42 Å². The number of carbonyl (C=O) groups is 3. The van der Waals surface area contributed by atoms with Crippen LogP contribution >= 0.6 is 0 Å². The lowest BCUT2D eigenvalue weighted by atomic mass is 10.2. The van der Waals surface area contributed by atoms with E-state index in [4.69, 9.17) is 4.42 Å². The Morgan fingerprint density at radius 3 is 2.04 bits per heavy atom. The van der Waals surface area contributed by atoms with E-state index < -0.39 is 17.8 Å². The fourth-order valence-electron chi connectivity index (χ4n) is 3.02. The van der Waals surface area contributed by atoms with Crippen LogP contribution in [0.2, 0.25) is 0 Å². The van der Waals surface area contributed by atoms with E-state index in [1.807, 2.05) is 48.5 Å². The van der Waals surface area contributed by atoms with E-state index in [2.05, 4.69) is 4.98 Å². The topological polar surface area (TPSA) is 83.7 Å². The first-order valence-corrected chi connectivity index (χ1v) is 8.77. The van der Waals surface area contributed by atoms with Crippen LogP contribution in [0.4, 0.5) is 4.79 Å². The first-order valence-electron chi connectivity index (χ1n) is 8.77. The van der Waals surface area contributed by atoms with Gasteiger partial charge in [-0.05, 0) is 24.6 Å². The van der Waals surface area contributed by atoms with Crippen LogP contribution in [0.25, 0.3) is 11.5 Å². The standard InChI is InChI=1S/C21H17N3O4/c1-14-17(22-18(28-14)16-10-6-3-7-11-16)13-24-20(26)19(25)23(21(24)27)12-15-8-4-2-5-9-15/h2-11H,12-13H2,1H3. The highest BCUT2D eigenvalue weighted by molar-refractivity contribution is 6.44. The predicted molar refractivity (Wildman–Crippen MR) is 99.6 cm³/mol. The van der Waals surface area contributed by atoms with E-state index in [-0.39, 0.29) is 13.1 Å². The van der Waals surface area contributed by atoms with Gasteiger partial charge in [0.25, 0.3) is 0 Å². The molecule has 0 radical (unpaired) electrons. The summed E-state index contributed by atoms with van der Waals surface area (Å²) in [6.07, 6.45) is 0. The SMILES string of the molecule is Cc1oc(-c2ccccc2)nc1CN1C(=O)C(=O)N(Cc2ccccc2)C1=O. The number of aryl methyl sites for hydroxylation is 1. The van der Waals surface area contributed by atoms with Crippen LogP contribution in [-0.2, 0) is 22.7 Å². The molecule has 0 bridgehead atoms. The second-order valence-corrected chi connectivity index (χ2v) is 6.44. The van der Waals surface area contributed by atoms with Crippen LogP contribution in [0.3, 0.4) is 0 Å². The summed E-state index contributed by atoms with van der Waals surface area (Å²) in [6.45, 7) is 1.65. The molecule has 1 fully saturated rings. The average Bonchev–Trinajstić information content (AvgIpc) is 3.18. The van der Waals surface area contributed by atoms with Crippen LogP contribution in [0.1, 0.15) is 17.0 Å². The Balaban J connectivity index is 1.55. The number of nitrogens with zero attached hydrogens (tertiary/aromatic N) is 3. The van der Waals surface area contributed by atoms with Gasteiger partial charge in [-0.3, -0.25) is 14.5 Å². The van der Waals surface area contributed by atoms with E-state index >= 15 is 0 Å². The monoisotopic (exact) mass is 375 g/mol. The van der Waals surface area contributed by atoms with Crippen molar-refractivity contribution in [2.24, 2.45) is 0 Å². The van der Waals surface area contributed by atoms with Crippen molar-refractivity contribution in [3.8, 4) is 11.5 Å². The number of aromatic nitrogens is 1. The first-order chi connectivity index (χ1) is 13.5. The van der Waals surface area contributed by atoms with Gasteiger partial charge in [0.05, 0.1) is 13.1 Å². The molecule has 2 aromatic carbocycles. The molecule has 1 saturated heterocycles. The molecule has 7 heteroatoms. The van der Waals surface area contributed by atoms with Gasteiger partial charge in [0.2, 0.25) is 5.89 Å². The fraction of sp³-hybridized carbons (Fsp3) is 0.143. The molecule has 0 saturated carbocycles. The van der Waals surface area contributed by atoms with Crippen molar-refractivity contribution in [3.05, 3.63) is 77.7 Å². The molecule has 4 rings (SSSR count). The van der Waals surface area contributed by atoms with Crippen LogP contribution in [0, 0.1) is 6.92 Å². The molecule has 0 spiro atoms. The lowest BCUT2D eigenvalue weighted by Crippen LogP contribution is -2.33. The first kappa shape index (κ1) is 17.7. The summed E-state index contributed by atoms with van der Waals surface area (Å²) < 4.78 is 5.67. The number of hydrogen-bond acceptors (Lipinski definition) is 5. The van der Waals surface area contributed by atoms with E-state index in [0.717, 1.165) is 20.9 Å². The summed E-state index contributed by atoms with van der Waals surface area (Å²) >= 11 is 0. The summed E-state index contributed by atoms with van der Waals surface area (Å²) in [4.78, 5) is 43.6. The quantitative estimate of drug-likeness (QED) is 0.505. The van der Waals surface area contributed by atoms with E-state index in [1.54, 1.807) is 19.1 Å².